The molecule has 0 aliphatic carbocycles. The minimum atomic E-state index is -0.665. The monoisotopic (exact) mass is 265 g/mol. The molecule has 0 saturated carbocycles. The highest BCUT2D eigenvalue weighted by atomic mass is 35.5. The lowest BCUT2D eigenvalue weighted by atomic mass is 10.0. The van der Waals surface area contributed by atoms with Crippen LogP contribution in [-0.4, -0.2) is 18.0 Å². The van der Waals surface area contributed by atoms with Crippen LogP contribution in [0.1, 0.15) is 26.3 Å². The molecular formula is C13H16ClN3O. The standard InChI is InChI=1S/C13H16ClN3O/c1-4-16-13(2,3)12(18)17-10-5-6-11(14)9(7-10)8-15/h5-7,16H,4H2,1-3H3,(H,17,18). The first-order chi connectivity index (χ1) is 8.40. The Hall–Kier alpha value is -1.57. The average molecular weight is 266 g/mol. The molecule has 0 fully saturated rings. The van der Waals surface area contributed by atoms with Crippen molar-refractivity contribution >= 4 is 23.2 Å². The lowest BCUT2D eigenvalue weighted by Gasteiger charge is -2.24. The fourth-order valence-corrected chi connectivity index (χ4v) is 1.66. The van der Waals surface area contributed by atoms with Crippen LogP contribution >= 0.6 is 11.6 Å². The van der Waals surface area contributed by atoms with Crippen molar-refractivity contribution in [3.8, 4) is 6.07 Å². The Kier molecular flexibility index (Phi) is 4.71. The van der Waals surface area contributed by atoms with E-state index in [-0.39, 0.29) is 5.91 Å². The fraction of sp³-hybridized carbons (Fsp3) is 0.385. The molecule has 0 bridgehead atoms. The summed E-state index contributed by atoms with van der Waals surface area (Å²) < 4.78 is 0. The number of halogens is 1. The number of nitriles is 1. The number of carbonyl (C=O) groups is 1. The first kappa shape index (κ1) is 14.5. The van der Waals surface area contributed by atoms with Crippen molar-refractivity contribution in [2.45, 2.75) is 26.3 Å². The van der Waals surface area contributed by atoms with Gasteiger partial charge in [0.25, 0.3) is 0 Å². The van der Waals surface area contributed by atoms with Crippen molar-refractivity contribution in [1.29, 1.82) is 5.26 Å². The molecule has 0 aromatic heterocycles. The first-order valence-electron chi connectivity index (χ1n) is 5.67. The summed E-state index contributed by atoms with van der Waals surface area (Å²) in [6.07, 6.45) is 0. The molecule has 0 aliphatic rings. The van der Waals surface area contributed by atoms with Gasteiger partial charge in [-0.2, -0.15) is 5.26 Å². The summed E-state index contributed by atoms with van der Waals surface area (Å²) >= 11 is 5.82. The zero-order valence-electron chi connectivity index (χ0n) is 10.7. The van der Waals surface area contributed by atoms with Gasteiger partial charge in [0, 0.05) is 5.69 Å². The lowest BCUT2D eigenvalue weighted by Crippen LogP contribution is -2.49. The number of hydrogen-bond acceptors (Lipinski definition) is 3. The molecule has 0 saturated heterocycles. The molecule has 0 radical (unpaired) electrons. The van der Waals surface area contributed by atoms with E-state index >= 15 is 0 Å². The normalized spacial score (nSPS) is 10.8. The van der Waals surface area contributed by atoms with E-state index in [9.17, 15) is 4.79 Å². The van der Waals surface area contributed by atoms with E-state index in [2.05, 4.69) is 10.6 Å². The molecule has 0 atom stereocenters. The third-order valence-electron chi connectivity index (χ3n) is 2.53. The van der Waals surface area contributed by atoms with E-state index < -0.39 is 5.54 Å². The molecule has 0 unspecified atom stereocenters. The summed E-state index contributed by atoms with van der Waals surface area (Å²) in [5.41, 5.74) is 0.240. The third kappa shape index (κ3) is 3.46. The molecule has 0 spiro atoms. The van der Waals surface area contributed by atoms with Crippen molar-refractivity contribution in [2.24, 2.45) is 0 Å². The Morgan fingerprint density at radius 1 is 1.50 bits per heavy atom. The minimum Gasteiger partial charge on any atom is -0.324 e. The second-order valence-electron chi connectivity index (χ2n) is 4.42. The van der Waals surface area contributed by atoms with Gasteiger partial charge in [0.2, 0.25) is 5.91 Å². The summed E-state index contributed by atoms with van der Waals surface area (Å²) in [5.74, 6) is -0.157. The van der Waals surface area contributed by atoms with Gasteiger partial charge in [-0.15, -0.1) is 0 Å². The molecule has 0 heterocycles. The molecule has 4 nitrogen and oxygen atoms in total. The van der Waals surface area contributed by atoms with Crippen molar-refractivity contribution in [2.75, 3.05) is 11.9 Å². The fourth-order valence-electron chi connectivity index (χ4n) is 1.50. The molecule has 18 heavy (non-hydrogen) atoms. The third-order valence-corrected chi connectivity index (χ3v) is 2.86. The molecule has 1 aromatic rings. The van der Waals surface area contributed by atoms with E-state index in [0.29, 0.717) is 22.8 Å². The summed E-state index contributed by atoms with van der Waals surface area (Å²) in [7, 11) is 0. The predicted molar refractivity (Wildman–Crippen MR) is 72.6 cm³/mol. The first-order valence-corrected chi connectivity index (χ1v) is 6.04. The number of amides is 1. The van der Waals surface area contributed by atoms with Crippen LogP contribution in [0.4, 0.5) is 5.69 Å². The second kappa shape index (κ2) is 5.85. The Bertz CT molecular complexity index is 491. The Morgan fingerprint density at radius 3 is 2.72 bits per heavy atom. The van der Waals surface area contributed by atoms with Gasteiger partial charge in [0.1, 0.15) is 6.07 Å². The highest BCUT2D eigenvalue weighted by Gasteiger charge is 2.26. The summed E-state index contributed by atoms with van der Waals surface area (Å²) in [6, 6.07) is 6.79. The molecule has 1 rings (SSSR count). The smallest absolute Gasteiger partial charge is 0.244 e. The maximum Gasteiger partial charge on any atom is 0.244 e. The zero-order valence-corrected chi connectivity index (χ0v) is 11.4. The number of rotatable bonds is 4. The Labute approximate surface area is 112 Å². The lowest BCUT2D eigenvalue weighted by molar-refractivity contribution is -0.121. The predicted octanol–water partition coefficient (Wildman–Crippen LogP) is 2.54. The molecular weight excluding hydrogens is 250 g/mol. The Morgan fingerprint density at radius 2 is 2.17 bits per heavy atom. The maximum absolute atomic E-state index is 12.0. The van der Waals surface area contributed by atoms with Crippen LogP contribution in [0.15, 0.2) is 18.2 Å². The summed E-state index contributed by atoms with van der Waals surface area (Å²) in [6.45, 7) is 6.23. The highest BCUT2D eigenvalue weighted by molar-refractivity contribution is 6.31. The second-order valence-corrected chi connectivity index (χ2v) is 4.82. The van der Waals surface area contributed by atoms with Crippen LogP contribution < -0.4 is 10.6 Å². The van der Waals surface area contributed by atoms with E-state index in [1.807, 2.05) is 13.0 Å². The molecule has 1 aromatic carbocycles. The van der Waals surface area contributed by atoms with Gasteiger partial charge >= 0.3 is 0 Å². The molecule has 5 heteroatoms. The van der Waals surface area contributed by atoms with E-state index in [1.54, 1.807) is 32.0 Å². The number of likely N-dealkylation sites (N-methyl/N-ethyl adjacent to an activating group) is 1. The number of nitrogens with one attached hydrogen (secondary N) is 2. The quantitative estimate of drug-likeness (QED) is 0.879. The summed E-state index contributed by atoms with van der Waals surface area (Å²) in [4.78, 5) is 12.0. The van der Waals surface area contributed by atoms with Crippen LogP contribution in [0.25, 0.3) is 0 Å². The van der Waals surface area contributed by atoms with Crippen LogP contribution in [0.2, 0.25) is 5.02 Å². The average Bonchev–Trinajstić information content (AvgIpc) is 2.31. The SMILES string of the molecule is CCNC(C)(C)C(=O)Nc1ccc(Cl)c(C#N)c1. The zero-order chi connectivity index (χ0) is 13.8. The largest absolute Gasteiger partial charge is 0.324 e. The molecule has 1 amide bonds. The van der Waals surface area contributed by atoms with Gasteiger partial charge < -0.3 is 10.6 Å². The van der Waals surface area contributed by atoms with Gasteiger partial charge in [-0.1, -0.05) is 18.5 Å². The van der Waals surface area contributed by atoms with Gasteiger partial charge in [-0.05, 0) is 38.6 Å². The number of hydrogen-bond donors (Lipinski definition) is 2. The molecule has 0 aliphatic heterocycles. The number of carbonyl (C=O) groups excluding carboxylic acids is 1. The summed E-state index contributed by atoms with van der Waals surface area (Å²) in [5, 5.41) is 15.1. The number of benzene rings is 1. The van der Waals surface area contributed by atoms with E-state index in [4.69, 9.17) is 16.9 Å². The number of nitrogens with zero attached hydrogens (tertiary/aromatic N) is 1. The van der Waals surface area contributed by atoms with Crippen LogP contribution in [0, 0.1) is 11.3 Å². The molecule has 2 N–H and O–H groups in total. The Balaban J connectivity index is 2.86. The highest BCUT2D eigenvalue weighted by Crippen LogP contribution is 2.20. The van der Waals surface area contributed by atoms with Crippen molar-refractivity contribution < 1.29 is 4.79 Å². The van der Waals surface area contributed by atoms with Gasteiger partial charge in [-0.3, -0.25) is 4.79 Å². The van der Waals surface area contributed by atoms with Crippen LogP contribution in [0.3, 0.4) is 0 Å². The van der Waals surface area contributed by atoms with E-state index in [1.165, 1.54) is 0 Å². The van der Waals surface area contributed by atoms with Gasteiger partial charge in [0.15, 0.2) is 0 Å². The van der Waals surface area contributed by atoms with Crippen molar-refractivity contribution in [1.82, 2.24) is 5.32 Å². The van der Waals surface area contributed by atoms with Gasteiger partial charge in [-0.25, -0.2) is 0 Å². The van der Waals surface area contributed by atoms with Crippen LogP contribution in [0.5, 0.6) is 0 Å². The van der Waals surface area contributed by atoms with Gasteiger partial charge in [0.05, 0.1) is 16.1 Å². The van der Waals surface area contributed by atoms with E-state index in [0.717, 1.165) is 0 Å². The maximum atomic E-state index is 12.0. The minimum absolute atomic E-state index is 0.157. The molecule has 96 valence electrons. The topological polar surface area (TPSA) is 64.9 Å². The number of anilines is 1. The van der Waals surface area contributed by atoms with Crippen LogP contribution in [-0.2, 0) is 4.79 Å². The van der Waals surface area contributed by atoms with Crippen molar-refractivity contribution in [3.05, 3.63) is 28.8 Å². The van der Waals surface area contributed by atoms with Crippen molar-refractivity contribution in [3.63, 3.8) is 0 Å².